The smallest absolute Gasteiger partial charge is 0.00914 e. The maximum Gasteiger partial charge on any atom is 0.00914 e. The third kappa shape index (κ3) is 10.4. The highest BCUT2D eigenvalue weighted by Crippen LogP contribution is 2.37. The van der Waals surface area contributed by atoms with E-state index in [-0.39, 0.29) is 0 Å². The van der Waals surface area contributed by atoms with Crippen LogP contribution in [0.5, 0.6) is 0 Å². The van der Waals surface area contributed by atoms with Crippen molar-refractivity contribution in [3.63, 3.8) is 0 Å². The zero-order chi connectivity index (χ0) is 17.2. The highest BCUT2D eigenvalue weighted by Gasteiger charge is 2.29. The lowest BCUT2D eigenvalue weighted by Crippen LogP contribution is -2.44. The molecule has 23 heavy (non-hydrogen) atoms. The fraction of sp³-hybridized carbons (Fsp3) is 1.00. The molecule has 2 N–H and O–H groups in total. The Kier molecular flexibility index (Phi) is 9.77. The lowest BCUT2D eigenvalue weighted by Gasteiger charge is -2.37. The first-order chi connectivity index (χ1) is 10.8. The first kappa shape index (κ1) is 21.0. The Morgan fingerprint density at radius 3 is 2.13 bits per heavy atom. The summed E-state index contributed by atoms with van der Waals surface area (Å²) in [5.74, 6) is 0. The van der Waals surface area contributed by atoms with E-state index in [1.54, 1.807) is 0 Å². The average molecular weight is 325 g/mol. The molecule has 0 bridgehead atoms. The van der Waals surface area contributed by atoms with E-state index in [2.05, 4.69) is 45.3 Å². The summed E-state index contributed by atoms with van der Waals surface area (Å²) in [7, 11) is 0. The molecule has 0 aromatic rings. The van der Waals surface area contributed by atoms with E-state index in [4.69, 9.17) is 0 Å². The molecular formula is C21H44N2. The van der Waals surface area contributed by atoms with Gasteiger partial charge in [0.05, 0.1) is 0 Å². The quantitative estimate of drug-likeness (QED) is 0.462. The molecule has 0 aliphatic carbocycles. The van der Waals surface area contributed by atoms with Crippen molar-refractivity contribution in [1.29, 1.82) is 0 Å². The van der Waals surface area contributed by atoms with Gasteiger partial charge in [-0.2, -0.15) is 0 Å². The van der Waals surface area contributed by atoms with E-state index in [1.807, 2.05) is 0 Å². The fourth-order valence-corrected chi connectivity index (χ4v) is 4.28. The van der Waals surface area contributed by atoms with Crippen molar-refractivity contribution >= 4 is 0 Å². The van der Waals surface area contributed by atoms with Crippen LogP contribution in [0.3, 0.4) is 0 Å². The van der Waals surface area contributed by atoms with Gasteiger partial charge in [0.25, 0.3) is 0 Å². The van der Waals surface area contributed by atoms with Gasteiger partial charge >= 0.3 is 0 Å². The van der Waals surface area contributed by atoms with Crippen molar-refractivity contribution in [2.75, 3.05) is 19.6 Å². The SMILES string of the molecule is CCCCCCCCC(C)(C)CC(C)(C)CNC1CCNCC1. The first-order valence-electron chi connectivity index (χ1n) is 10.3. The summed E-state index contributed by atoms with van der Waals surface area (Å²) in [6.07, 6.45) is 13.8. The van der Waals surface area contributed by atoms with Gasteiger partial charge in [-0.15, -0.1) is 0 Å². The molecule has 1 heterocycles. The van der Waals surface area contributed by atoms with Gasteiger partial charge in [0.2, 0.25) is 0 Å². The third-order valence-electron chi connectivity index (χ3n) is 5.37. The summed E-state index contributed by atoms with van der Waals surface area (Å²) in [5.41, 5.74) is 0.876. The van der Waals surface area contributed by atoms with Crippen LogP contribution in [0.25, 0.3) is 0 Å². The lowest BCUT2D eigenvalue weighted by molar-refractivity contribution is 0.166. The van der Waals surface area contributed by atoms with Gasteiger partial charge in [-0.05, 0) is 49.6 Å². The zero-order valence-corrected chi connectivity index (χ0v) is 16.8. The minimum absolute atomic E-state index is 0.399. The standard InChI is InChI=1S/C21H44N2/c1-6-7-8-9-10-11-14-20(2,3)17-21(4,5)18-23-19-12-15-22-16-13-19/h19,22-23H,6-18H2,1-5H3. The van der Waals surface area contributed by atoms with Gasteiger partial charge in [0, 0.05) is 12.6 Å². The maximum atomic E-state index is 3.83. The maximum absolute atomic E-state index is 3.83. The van der Waals surface area contributed by atoms with E-state index in [0.29, 0.717) is 10.8 Å². The summed E-state index contributed by atoms with van der Waals surface area (Å²) in [5, 5.41) is 7.29. The Bertz CT molecular complexity index is 290. The van der Waals surface area contributed by atoms with E-state index in [9.17, 15) is 0 Å². The Hall–Kier alpha value is -0.0800. The molecule has 0 saturated carbocycles. The van der Waals surface area contributed by atoms with Crippen molar-refractivity contribution in [1.82, 2.24) is 10.6 Å². The predicted molar refractivity (Wildman–Crippen MR) is 104 cm³/mol. The summed E-state index contributed by atoms with van der Waals surface area (Å²) < 4.78 is 0. The van der Waals surface area contributed by atoms with E-state index >= 15 is 0 Å². The number of piperidine rings is 1. The predicted octanol–water partition coefficient (Wildman–Crippen LogP) is 5.52. The number of nitrogens with one attached hydrogen (secondary N) is 2. The molecule has 1 fully saturated rings. The summed E-state index contributed by atoms with van der Waals surface area (Å²) in [6.45, 7) is 15.7. The van der Waals surface area contributed by atoms with Crippen LogP contribution in [0.15, 0.2) is 0 Å². The van der Waals surface area contributed by atoms with Crippen LogP contribution in [0, 0.1) is 10.8 Å². The number of unbranched alkanes of at least 4 members (excludes halogenated alkanes) is 5. The van der Waals surface area contributed by atoms with Crippen molar-refractivity contribution in [2.45, 2.75) is 105 Å². The number of hydrogen-bond acceptors (Lipinski definition) is 2. The van der Waals surface area contributed by atoms with Gasteiger partial charge in [-0.1, -0.05) is 73.1 Å². The van der Waals surface area contributed by atoms with Crippen molar-refractivity contribution in [3.05, 3.63) is 0 Å². The minimum atomic E-state index is 0.399. The second-order valence-electron chi connectivity index (χ2n) is 9.43. The lowest BCUT2D eigenvalue weighted by atomic mass is 9.72. The fourth-order valence-electron chi connectivity index (χ4n) is 4.28. The molecule has 1 aliphatic rings. The normalized spacial score (nSPS) is 17.6. The monoisotopic (exact) mass is 324 g/mol. The van der Waals surface area contributed by atoms with Gasteiger partial charge in [0.1, 0.15) is 0 Å². The van der Waals surface area contributed by atoms with Crippen LogP contribution in [0.2, 0.25) is 0 Å². The number of hydrogen-bond donors (Lipinski definition) is 2. The highest BCUT2D eigenvalue weighted by molar-refractivity contribution is 4.83. The van der Waals surface area contributed by atoms with E-state index < -0.39 is 0 Å². The second kappa shape index (κ2) is 10.7. The molecule has 0 aromatic heterocycles. The summed E-state index contributed by atoms with van der Waals surface area (Å²) in [6, 6.07) is 0.734. The van der Waals surface area contributed by atoms with E-state index in [1.165, 1.54) is 77.3 Å². The Morgan fingerprint density at radius 2 is 1.48 bits per heavy atom. The van der Waals surface area contributed by atoms with Crippen molar-refractivity contribution < 1.29 is 0 Å². The Morgan fingerprint density at radius 1 is 0.870 bits per heavy atom. The summed E-state index contributed by atoms with van der Waals surface area (Å²) in [4.78, 5) is 0. The molecule has 0 atom stereocenters. The third-order valence-corrected chi connectivity index (χ3v) is 5.37. The molecule has 0 unspecified atom stereocenters. The topological polar surface area (TPSA) is 24.1 Å². The number of rotatable bonds is 12. The van der Waals surface area contributed by atoms with Gasteiger partial charge in [-0.3, -0.25) is 0 Å². The first-order valence-corrected chi connectivity index (χ1v) is 10.3. The Labute approximate surface area is 146 Å². The van der Waals surface area contributed by atoms with Crippen LogP contribution in [-0.2, 0) is 0 Å². The van der Waals surface area contributed by atoms with Crippen LogP contribution in [0.4, 0.5) is 0 Å². The minimum Gasteiger partial charge on any atom is -0.317 e. The molecule has 1 aliphatic heterocycles. The van der Waals surface area contributed by atoms with Crippen LogP contribution >= 0.6 is 0 Å². The zero-order valence-electron chi connectivity index (χ0n) is 16.8. The van der Waals surface area contributed by atoms with Gasteiger partial charge in [-0.25, -0.2) is 0 Å². The van der Waals surface area contributed by atoms with Gasteiger partial charge in [0.15, 0.2) is 0 Å². The molecule has 0 amide bonds. The molecule has 2 nitrogen and oxygen atoms in total. The van der Waals surface area contributed by atoms with Crippen LogP contribution in [-0.4, -0.2) is 25.7 Å². The van der Waals surface area contributed by atoms with Crippen LogP contribution < -0.4 is 10.6 Å². The second-order valence-corrected chi connectivity index (χ2v) is 9.43. The molecule has 1 saturated heterocycles. The highest BCUT2D eigenvalue weighted by atomic mass is 15.0. The van der Waals surface area contributed by atoms with Crippen molar-refractivity contribution in [2.24, 2.45) is 10.8 Å². The molecule has 0 spiro atoms. The molecule has 1 rings (SSSR count). The van der Waals surface area contributed by atoms with Gasteiger partial charge < -0.3 is 10.6 Å². The molecule has 2 heteroatoms. The Balaban J connectivity index is 2.21. The molecule has 0 aromatic carbocycles. The summed E-state index contributed by atoms with van der Waals surface area (Å²) >= 11 is 0. The molecule has 0 radical (unpaired) electrons. The van der Waals surface area contributed by atoms with E-state index in [0.717, 1.165) is 12.6 Å². The molecular weight excluding hydrogens is 280 g/mol. The average Bonchev–Trinajstić information content (AvgIpc) is 2.49. The largest absolute Gasteiger partial charge is 0.317 e. The van der Waals surface area contributed by atoms with Crippen molar-refractivity contribution in [3.8, 4) is 0 Å². The van der Waals surface area contributed by atoms with Crippen LogP contribution in [0.1, 0.15) is 98.8 Å². The molecule has 138 valence electrons.